The van der Waals surface area contributed by atoms with Crippen molar-refractivity contribution in [3.05, 3.63) is 63.2 Å². The molecule has 0 aliphatic rings. The predicted molar refractivity (Wildman–Crippen MR) is 102 cm³/mol. The average Bonchev–Trinajstić information content (AvgIpc) is 2.45. The van der Waals surface area contributed by atoms with Gasteiger partial charge < -0.3 is 10.6 Å². The van der Waals surface area contributed by atoms with Gasteiger partial charge in [-0.2, -0.15) is 0 Å². The summed E-state index contributed by atoms with van der Waals surface area (Å²) in [5.74, 6) is 0.0566. The molecule has 0 bridgehead atoms. The largest absolute Gasteiger partial charge is 0.370 e. The fourth-order valence-electron chi connectivity index (χ4n) is 2.23. The van der Waals surface area contributed by atoms with Crippen LogP contribution in [0.15, 0.2) is 48.5 Å². The van der Waals surface area contributed by atoms with Gasteiger partial charge in [0.05, 0.1) is 6.54 Å². The molecule has 0 aliphatic carbocycles. The number of anilines is 1. The Bertz CT molecular complexity index is 640. The molecular formula is C18H22IN3. The first-order valence-corrected chi connectivity index (χ1v) is 8.32. The zero-order valence-electron chi connectivity index (χ0n) is 13.2. The molecular weight excluding hydrogens is 385 g/mol. The normalized spacial score (nSPS) is 11.3. The molecule has 116 valence electrons. The first-order valence-electron chi connectivity index (χ1n) is 7.24. The van der Waals surface area contributed by atoms with E-state index in [4.69, 9.17) is 11.1 Å². The summed E-state index contributed by atoms with van der Waals surface area (Å²) in [4.78, 5) is 1.81. The van der Waals surface area contributed by atoms with Gasteiger partial charge in [-0.1, -0.05) is 45.0 Å². The Morgan fingerprint density at radius 3 is 2.05 bits per heavy atom. The van der Waals surface area contributed by atoms with E-state index in [0.29, 0.717) is 6.54 Å². The van der Waals surface area contributed by atoms with Gasteiger partial charge in [0.15, 0.2) is 5.96 Å². The molecule has 0 unspecified atom stereocenters. The lowest BCUT2D eigenvalue weighted by Crippen LogP contribution is -2.35. The first kappa shape index (κ1) is 16.8. The molecule has 0 aromatic heterocycles. The topological polar surface area (TPSA) is 53.1 Å². The average molecular weight is 407 g/mol. The SMILES string of the molecule is CC(C)(C)c1ccc(CN(C(=N)N)c2ccc(I)cc2)cc1. The lowest BCUT2D eigenvalue weighted by atomic mass is 9.87. The molecule has 4 heteroatoms. The highest BCUT2D eigenvalue weighted by molar-refractivity contribution is 14.1. The van der Waals surface area contributed by atoms with Gasteiger partial charge >= 0.3 is 0 Å². The fraction of sp³-hybridized carbons (Fsp3) is 0.278. The molecule has 0 saturated heterocycles. The van der Waals surface area contributed by atoms with Gasteiger partial charge in [-0.3, -0.25) is 5.41 Å². The summed E-state index contributed by atoms with van der Waals surface area (Å²) in [6.45, 7) is 7.21. The zero-order chi connectivity index (χ0) is 16.3. The summed E-state index contributed by atoms with van der Waals surface area (Å²) in [6.07, 6.45) is 0. The van der Waals surface area contributed by atoms with Crippen molar-refractivity contribution in [2.75, 3.05) is 4.90 Å². The standard InChI is InChI=1S/C18H22IN3/c1-18(2,3)14-6-4-13(5-7-14)12-22(17(20)21)16-10-8-15(19)9-11-16/h4-11H,12H2,1-3H3,(H3,20,21). The molecule has 2 aromatic rings. The smallest absolute Gasteiger partial charge is 0.193 e. The van der Waals surface area contributed by atoms with Gasteiger partial charge in [-0.05, 0) is 63.4 Å². The van der Waals surface area contributed by atoms with Crippen LogP contribution in [0.4, 0.5) is 5.69 Å². The molecule has 0 aliphatic heterocycles. The molecule has 2 aromatic carbocycles. The van der Waals surface area contributed by atoms with Gasteiger partial charge in [0.25, 0.3) is 0 Å². The second-order valence-corrected chi connectivity index (χ2v) is 7.64. The fourth-order valence-corrected chi connectivity index (χ4v) is 2.59. The molecule has 0 atom stereocenters. The van der Waals surface area contributed by atoms with Crippen LogP contribution >= 0.6 is 22.6 Å². The quantitative estimate of drug-likeness (QED) is 0.448. The highest BCUT2D eigenvalue weighted by atomic mass is 127. The minimum Gasteiger partial charge on any atom is -0.370 e. The molecule has 0 heterocycles. The number of nitrogens with two attached hydrogens (primary N) is 1. The molecule has 0 radical (unpaired) electrons. The summed E-state index contributed by atoms with van der Waals surface area (Å²) in [7, 11) is 0. The van der Waals surface area contributed by atoms with Gasteiger partial charge in [-0.25, -0.2) is 0 Å². The van der Waals surface area contributed by atoms with Crippen molar-refractivity contribution in [2.24, 2.45) is 5.73 Å². The molecule has 2 rings (SSSR count). The monoisotopic (exact) mass is 407 g/mol. The van der Waals surface area contributed by atoms with Crippen LogP contribution in [0.5, 0.6) is 0 Å². The van der Waals surface area contributed by atoms with Crippen molar-refractivity contribution in [3.63, 3.8) is 0 Å². The molecule has 0 amide bonds. The lowest BCUT2D eigenvalue weighted by molar-refractivity contribution is 0.590. The Morgan fingerprint density at radius 1 is 1.05 bits per heavy atom. The third-order valence-corrected chi connectivity index (χ3v) is 4.31. The Kier molecular flexibility index (Phi) is 5.11. The van der Waals surface area contributed by atoms with E-state index in [9.17, 15) is 0 Å². The summed E-state index contributed by atoms with van der Waals surface area (Å²) in [5, 5.41) is 7.84. The van der Waals surface area contributed by atoms with Crippen LogP contribution in [0, 0.1) is 8.98 Å². The lowest BCUT2D eigenvalue weighted by Gasteiger charge is -2.24. The van der Waals surface area contributed by atoms with Crippen molar-refractivity contribution < 1.29 is 0 Å². The van der Waals surface area contributed by atoms with Crippen molar-refractivity contribution >= 4 is 34.2 Å². The van der Waals surface area contributed by atoms with E-state index >= 15 is 0 Å². The number of hydrogen-bond donors (Lipinski definition) is 2. The van der Waals surface area contributed by atoms with Gasteiger partial charge in [0.1, 0.15) is 0 Å². The maximum Gasteiger partial charge on any atom is 0.193 e. The van der Waals surface area contributed by atoms with Crippen LogP contribution in [0.1, 0.15) is 31.9 Å². The predicted octanol–water partition coefficient (Wildman–Crippen LogP) is 4.49. The van der Waals surface area contributed by atoms with E-state index in [1.54, 1.807) is 0 Å². The Balaban J connectivity index is 2.21. The highest BCUT2D eigenvalue weighted by Gasteiger charge is 2.14. The number of nitrogens with one attached hydrogen (secondary N) is 1. The van der Waals surface area contributed by atoms with Gasteiger partial charge in [0, 0.05) is 9.26 Å². The van der Waals surface area contributed by atoms with Crippen molar-refractivity contribution in [2.45, 2.75) is 32.7 Å². The Labute approximate surface area is 146 Å². The Hall–Kier alpha value is -1.56. The molecule has 3 N–H and O–H groups in total. The van der Waals surface area contributed by atoms with Gasteiger partial charge in [-0.15, -0.1) is 0 Å². The van der Waals surface area contributed by atoms with Crippen LogP contribution in [-0.4, -0.2) is 5.96 Å². The van der Waals surface area contributed by atoms with Crippen LogP contribution < -0.4 is 10.6 Å². The summed E-state index contributed by atoms with van der Waals surface area (Å²) >= 11 is 2.27. The van der Waals surface area contributed by atoms with Crippen LogP contribution in [0.3, 0.4) is 0 Å². The number of nitrogens with zero attached hydrogens (tertiary/aromatic N) is 1. The number of benzene rings is 2. The van der Waals surface area contributed by atoms with E-state index in [1.807, 2.05) is 29.2 Å². The van der Waals surface area contributed by atoms with Crippen molar-refractivity contribution in [1.29, 1.82) is 5.41 Å². The third kappa shape index (κ3) is 4.22. The number of rotatable bonds is 3. The summed E-state index contributed by atoms with van der Waals surface area (Å²) < 4.78 is 1.17. The molecule has 0 spiro atoms. The van der Waals surface area contributed by atoms with Crippen LogP contribution in [0.25, 0.3) is 0 Å². The highest BCUT2D eigenvalue weighted by Crippen LogP contribution is 2.23. The maximum atomic E-state index is 7.84. The number of hydrogen-bond acceptors (Lipinski definition) is 1. The van der Waals surface area contributed by atoms with Crippen LogP contribution in [0.2, 0.25) is 0 Å². The molecule has 0 fully saturated rings. The Morgan fingerprint density at radius 2 is 1.59 bits per heavy atom. The minimum atomic E-state index is 0.0566. The van der Waals surface area contributed by atoms with E-state index in [-0.39, 0.29) is 11.4 Å². The second-order valence-electron chi connectivity index (χ2n) is 6.39. The van der Waals surface area contributed by atoms with E-state index in [2.05, 4.69) is 67.6 Å². The number of halogens is 1. The summed E-state index contributed by atoms with van der Waals surface area (Å²) in [6, 6.07) is 16.6. The van der Waals surface area contributed by atoms with E-state index in [1.165, 1.54) is 9.13 Å². The van der Waals surface area contributed by atoms with E-state index < -0.39 is 0 Å². The molecule has 22 heavy (non-hydrogen) atoms. The third-order valence-electron chi connectivity index (χ3n) is 3.59. The maximum absolute atomic E-state index is 7.84. The summed E-state index contributed by atoms with van der Waals surface area (Å²) in [5.41, 5.74) is 9.29. The molecule has 3 nitrogen and oxygen atoms in total. The molecule has 0 saturated carbocycles. The minimum absolute atomic E-state index is 0.0566. The second kappa shape index (κ2) is 6.69. The van der Waals surface area contributed by atoms with Crippen molar-refractivity contribution in [3.8, 4) is 0 Å². The van der Waals surface area contributed by atoms with Crippen molar-refractivity contribution in [1.82, 2.24) is 0 Å². The first-order chi connectivity index (χ1) is 10.3. The van der Waals surface area contributed by atoms with Gasteiger partial charge in [0.2, 0.25) is 0 Å². The van der Waals surface area contributed by atoms with Crippen LogP contribution in [-0.2, 0) is 12.0 Å². The number of guanidine groups is 1. The zero-order valence-corrected chi connectivity index (χ0v) is 15.4. The van der Waals surface area contributed by atoms with E-state index in [0.717, 1.165) is 11.3 Å².